The number of ether oxygens (including phenoxy) is 3. The third-order valence-corrected chi connectivity index (χ3v) is 5.28. The van der Waals surface area contributed by atoms with Crippen molar-refractivity contribution in [3.63, 3.8) is 0 Å². The second-order valence-electron chi connectivity index (χ2n) is 7.69. The Balaban J connectivity index is 1.30. The monoisotopic (exact) mass is 478 g/mol. The van der Waals surface area contributed by atoms with E-state index in [0.717, 1.165) is 17.1 Å². The van der Waals surface area contributed by atoms with E-state index in [9.17, 15) is 9.18 Å². The summed E-state index contributed by atoms with van der Waals surface area (Å²) in [5.74, 6) is 0.673. The zero-order valence-electron chi connectivity index (χ0n) is 19.0. The lowest BCUT2D eigenvalue weighted by Crippen LogP contribution is -2.15. The number of nitrogens with zero attached hydrogens (tertiary/aromatic N) is 4. The van der Waals surface area contributed by atoms with E-state index in [-0.39, 0.29) is 24.2 Å². The SMILES string of the molecule is CCOC(=O)CCn1ncc2cc(Nc3nc(Nc4ccc5c(c4)OCCO5)ncc3F)ccc21. The van der Waals surface area contributed by atoms with Gasteiger partial charge in [0.2, 0.25) is 5.95 Å². The zero-order chi connectivity index (χ0) is 24.2. The number of anilines is 4. The fraction of sp³-hybridized carbons (Fsp3) is 0.250. The van der Waals surface area contributed by atoms with Crippen LogP contribution in [0.3, 0.4) is 0 Å². The standard InChI is InChI=1S/C24H23FN6O4/c1-2-33-22(32)7-8-31-19-5-3-16(11-15(19)13-27-31)28-23-18(25)14-26-24(30-23)29-17-4-6-20-21(12-17)35-10-9-34-20/h3-6,11-14H,2,7-10H2,1H3,(H2,26,28,29,30). The predicted octanol–water partition coefficient (Wildman–Crippen LogP) is 4.18. The molecule has 10 nitrogen and oxygen atoms in total. The van der Waals surface area contributed by atoms with Gasteiger partial charge in [-0.1, -0.05) is 0 Å². The summed E-state index contributed by atoms with van der Waals surface area (Å²) in [5, 5.41) is 11.2. The topological polar surface area (TPSA) is 112 Å². The van der Waals surface area contributed by atoms with Crippen LogP contribution in [0.2, 0.25) is 0 Å². The minimum Gasteiger partial charge on any atom is -0.486 e. The molecule has 1 aliphatic rings. The molecule has 0 amide bonds. The van der Waals surface area contributed by atoms with Gasteiger partial charge < -0.3 is 24.8 Å². The highest BCUT2D eigenvalue weighted by atomic mass is 19.1. The van der Waals surface area contributed by atoms with Crippen LogP contribution in [0, 0.1) is 5.82 Å². The molecule has 180 valence electrons. The molecule has 35 heavy (non-hydrogen) atoms. The van der Waals surface area contributed by atoms with Crippen molar-refractivity contribution in [2.75, 3.05) is 30.5 Å². The number of aryl methyl sites for hydroxylation is 1. The van der Waals surface area contributed by atoms with Crippen molar-refractivity contribution in [2.45, 2.75) is 19.9 Å². The van der Waals surface area contributed by atoms with Gasteiger partial charge in [-0.3, -0.25) is 9.48 Å². The molecule has 0 saturated carbocycles. The Morgan fingerprint density at radius 1 is 1.09 bits per heavy atom. The molecule has 1 aliphatic heterocycles. The van der Waals surface area contributed by atoms with Crippen LogP contribution in [-0.2, 0) is 16.1 Å². The van der Waals surface area contributed by atoms with Gasteiger partial charge in [-0.25, -0.2) is 9.37 Å². The average Bonchev–Trinajstić information content (AvgIpc) is 3.27. The number of nitrogens with one attached hydrogen (secondary N) is 2. The van der Waals surface area contributed by atoms with Crippen molar-refractivity contribution in [3.8, 4) is 11.5 Å². The molecule has 5 rings (SSSR count). The number of aromatic nitrogens is 4. The van der Waals surface area contributed by atoms with Gasteiger partial charge in [-0.05, 0) is 37.3 Å². The third kappa shape index (κ3) is 5.08. The van der Waals surface area contributed by atoms with E-state index in [1.165, 1.54) is 0 Å². The first-order valence-corrected chi connectivity index (χ1v) is 11.2. The van der Waals surface area contributed by atoms with E-state index in [2.05, 4.69) is 25.7 Å². The number of fused-ring (bicyclic) bond motifs is 2. The van der Waals surface area contributed by atoms with Crippen LogP contribution in [0.4, 0.5) is 27.5 Å². The maximum absolute atomic E-state index is 14.5. The van der Waals surface area contributed by atoms with Crippen molar-refractivity contribution < 1.29 is 23.4 Å². The number of benzene rings is 2. The third-order valence-electron chi connectivity index (χ3n) is 5.28. The fourth-order valence-corrected chi connectivity index (χ4v) is 3.68. The minimum absolute atomic E-state index is 0.0223. The van der Waals surface area contributed by atoms with Crippen molar-refractivity contribution in [2.24, 2.45) is 0 Å². The summed E-state index contributed by atoms with van der Waals surface area (Å²) in [7, 11) is 0. The summed E-state index contributed by atoms with van der Waals surface area (Å²) < 4.78 is 32.3. The molecule has 2 aromatic carbocycles. The summed E-state index contributed by atoms with van der Waals surface area (Å²) >= 11 is 0. The van der Waals surface area contributed by atoms with Gasteiger partial charge >= 0.3 is 5.97 Å². The lowest BCUT2D eigenvalue weighted by atomic mass is 10.2. The summed E-state index contributed by atoms with van der Waals surface area (Å²) in [6.07, 6.45) is 3.02. The van der Waals surface area contributed by atoms with Gasteiger partial charge in [0.05, 0.1) is 37.5 Å². The molecule has 2 N–H and O–H groups in total. The van der Waals surface area contributed by atoms with Gasteiger partial charge in [0.1, 0.15) is 13.2 Å². The van der Waals surface area contributed by atoms with E-state index < -0.39 is 5.82 Å². The summed E-state index contributed by atoms with van der Waals surface area (Å²) in [6.45, 7) is 3.52. The van der Waals surface area contributed by atoms with E-state index in [0.29, 0.717) is 49.2 Å². The number of carbonyl (C=O) groups excluding carboxylic acids is 1. The van der Waals surface area contributed by atoms with E-state index in [1.54, 1.807) is 42.1 Å². The zero-order valence-corrected chi connectivity index (χ0v) is 19.0. The smallest absolute Gasteiger partial charge is 0.307 e. The Morgan fingerprint density at radius 2 is 1.89 bits per heavy atom. The molecule has 2 aromatic heterocycles. The molecule has 0 unspecified atom stereocenters. The molecular formula is C24H23FN6O4. The first-order valence-electron chi connectivity index (χ1n) is 11.2. The van der Waals surface area contributed by atoms with Crippen LogP contribution in [0.15, 0.2) is 48.8 Å². The van der Waals surface area contributed by atoms with Crippen LogP contribution in [0.25, 0.3) is 10.9 Å². The van der Waals surface area contributed by atoms with Crippen molar-refractivity contribution in [1.82, 2.24) is 19.7 Å². The first-order chi connectivity index (χ1) is 17.1. The van der Waals surface area contributed by atoms with E-state index >= 15 is 0 Å². The molecule has 11 heteroatoms. The minimum atomic E-state index is -0.594. The highest BCUT2D eigenvalue weighted by Gasteiger charge is 2.14. The molecule has 0 saturated heterocycles. The molecule has 3 heterocycles. The van der Waals surface area contributed by atoms with Crippen LogP contribution < -0.4 is 20.1 Å². The fourth-order valence-electron chi connectivity index (χ4n) is 3.68. The number of carbonyl (C=O) groups is 1. The lowest BCUT2D eigenvalue weighted by Gasteiger charge is -2.19. The van der Waals surface area contributed by atoms with Gasteiger partial charge in [-0.15, -0.1) is 0 Å². The second kappa shape index (κ2) is 9.84. The number of hydrogen-bond acceptors (Lipinski definition) is 9. The Morgan fingerprint density at radius 3 is 2.74 bits per heavy atom. The number of esters is 1. The molecule has 0 spiro atoms. The van der Waals surface area contributed by atoms with Crippen LogP contribution in [0.5, 0.6) is 11.5 Å². The van der Waals surface area contributed by atoms with E-state index in [1.807, 2.05) is 12.1 Å². The number of halogens is 1. The maximum atomic E-state index is 14.5. The maximum Gasteiger partial charge on any atom is 0.307 e. The Labute approximate surface area is 200 Å². The van der Waals surface area contributed by atoms with Gasteiger partial charge in [0.15, 0.2) is 23.1 Å². The molecule has 0 fully saturated rings. The second-order valence-corrected chi connectivity index (χ2v) is 7.69. The molecule has 4 aromatic rings. The molecule has 0 atom stereocenters. The van der Waals surface area contributed by atoms with Gasteiger partial charge in [0, 0.05) is 22.8 Å². The lowest BCUT2D eigenvalue weighted by molar-refractivity contribution is -0.143. The first kappa shape index (κ1) is 22.4. The normalized spacial score (nSPS) is 12.4. The number of rotatable bonds is 8. The van der Waals surface area contributed by atoms with Crippen LogP contribution in [0.1, 0.15) is 13.3 Å². The summed E-state index contributed by atoms with van der Waals surface area (Å²) in [4.78, 5) is 19.9. The van der Waals surface area contributed by atoms with E-state index in [4.69, 9.17) is 14.2 Å². The summed E-state index contributed by atoms with van der Waals surface area (Å²) in [6, 6.07) is 10.9. The highest BCUT2D eigenvalue weighted by Crippen LogP contribution is 2.33. The Hall–Kier alpha value is -4.41. The molecule has 0 bridgehead atoms. The average molecular weight is 478 g/mol. The largest absolute Gasteiger partial charge is 0.486 e. The molecule has 0 aliphatic carbocycles. The van der Waals surface area contributed by atoms with Crippen molar-refractivity contribution in [3.05, 3.63) is 54.6 Å². The van der Waals surface area contributed by atoms with Crippen LogP contribution in [-0.4, -0.2) is 45.5 Å². The van der Waals surface area contributed by atoms with Crippen molar-refractivity contribution in [1.29, 1.82) is 0 Å². The quantitative estimate of drug-likeness (QED) is 0.360. The van der Waals surface area contributed by atoms with Crippen LogP contribution >= 0.6 is 0 Å². The number of hydrogen-bond donors (Lipinski definition) is 2. The summed E-state index contributed by atoms with van der Waals surface area (Å²) in [5.41, 5.74) is 2.16. The van der Waals surface area contributed by atoms with Gasteiger partial charge in [-0.2, -0.15) is 10.1 Å². The predicted molar refractivity (Wildman–Crippen MR) is 127 cm³/mol. The van der Waals surface area contributed by atoms with Gasteiger partial charge in [0.25, 0.3) is 0 Å². The molecular weight excluding hydrogens is 455 g/mol. The highest BCUT2D eigenvalue weighted by molar-refractivity contribution is 5.83. The Kier molecular flexibility index (Phi) is 6.29. The Bertz CT molecular complexity index is 1380. The van der Waals surface area contributed by atoms with Crippen molar-refractivity contribution >= 4 is 40.0 Å². The molecule has 0 radical (unpaired) electrons.